The topological polar surface area (TPSA) is 64.0 Å². The Morgan fingerprint density at radius 3 is 2.50 bits per heavy atom. The maximum absolute atomic E-state index is 13.2. The molecule has 1 aliphatic heterocycles. The number of ketones is 1. The van der Waals surface area contributed by atoms with Gasteiger partial charge in [0, 0.05) is 22.6 Å². The number of aryl methyl sites for hydroxylation is 3. The number of hydrogen-bond donors (Lipinski definition) is 1. The number of Topliss-reactive ketones (excluding diaryl/α,β-unsaturated/α-hetero) is 1. The number of rotatable bonds is 3. The van der Waals surface area contributed by atoms with E-state index in [1.807, 2.05) is 39.0 Å². The fourth-order valence-electron chi connectivity index (χ4n) is 3.63. The summed E-state index contributed by atoms with van der Waals surface area (Å²) in [6, 6.07) is 12.8. The van der Waals surface area contributed by atoms with Gasteiger partial charge >= 0.3 is 0 Å². The molecule has 1 N–H and O–H groups in total. The molecule has 142 valence electrons. The number of nitrogens with one attached hydrogen (secondary N) is 1. The Morgan fingerprint density at radius 2 is 1.82 bits per heavy atom. The van der Waals surface area contributed by atoms with E-state index in [9.17, 15) is 9.59 Å². The molecule has 2 heterocycles. The second kappa shape index (κ2) is 6.91. The summed E-state index contributed by atoms with van der Waals surface area (Å²) in [6.07, 6.45) is 0.105. The first-order valence-corrected chi connectivity index (χ1v) is 9.49. The monoisotopic (exact) mass is 393 g/mol. The first-order chi connectivity index (χ1) is 13.3. The molecule has 0 saturated carbocycles. The molecule has 28 heavy (non-hydrogen) atoms. The van der Waals surface area contributed by atoms with Crippen LogP contribution in [0.25, 0.3) is 5.69 Å². The Hall–Kier alpha value is -2.92. The molecule has 5 nitrogen and oxygen atoms in total. The summed E-state index contributed by atoms with van der Waals surface area (Å²) in [4.78, 5) is 25.6. The smallest absolute Gasteiger partial charge is 0.226 e. The van der Waals surface area contributed by atoms with Gasteiger partial charge in [-0.25, -0.2) is 4.68 Å². The van der Waals surface area contributed by atoms with Crippen molar-refractivity contribution in [3.8, 4) is 5.69 Å². The van der Waals surface area contributed by atoms with Crippen molar-refractivity contribution in [3.63, 3.8) is 0 Å². The Morgan fingerprint density at radius 1 is 1.11 bits per heavy atom. The minimum atomic E-state index is -0.565. The Balaban J connectivity index is 1.82. The number of carbonyl (C=O) groups is 2. The Kier molecular flexibility index (Phi) is 4.55. The quantitative estimate of drug-likeness (QED) is 0.652. The van der Waals surface area contributed by atoms with Gasteiger partial charge in [0.2, 0.25) is 5.91 Å². The van der Waals surface area contributed by atoms with Crippen LogP contribution < -0.4 is 5.32 Å². The minimum absolute atomic E-state index is 0.101. The molecule has 1 aromatic heterocycles. The summed E-state index contributed by atoms with van der Waals surface area (Å²) in [5, 5.41) is 8.12. The third-order valence-electron chi connectivity index (χ3n) is 5.28. The van der Waals surface area contributed by atoms with Crippen LogP contribution in [0.1, 0.15) is 45.1 Å². The standard InChI is InChI=1S/C22H20ClN3O2/c1-12-4-9-17(10-13(12)2)26-22-20(14(3)25-26)18(11-19(27)24-22)21(28)15-5-7-16(23)8-6-15/h4-10,18H,11H2,1-3H3,(H,24,27)/t18-/m1/s1. The predicted octanol–water partition coefficient (Wildman–Crippen LogP) is 4.76. The zero-order valence-corrected chi connectivity index (χ0v) is 16.7. The summed E-state index contributed by atoms with van der Waals surface area (Å²) < 4.78 is 1.72. The molecular weight excluding hydrogens is 374 g/mol. The summed E-state index contributed by atoms with van der Waals surface area (Å²) in [6.45, 7) is 5.95. The highest BCUT2D eigenvalue weighted by Crippen LogP contribution is 2.38. The molecule has 0 fully saturated rings. The minimum Gasteiger partial charge on any atom is -0.310 e. The van der Waals surface area contributed by atoms with Gasteiger partial charge in [-0.05, 0) is 68.3 Å². The van der Waals surface area contributed by atoms with Crippen molar-refractivity contribution in [2.45, 2.75) is 33.1 Å². The number of hydrogen-bond acceptors (Lipinski definition) is 3. The van der Waals surface area contributed by atoms with E-state index in [2.05, 4.69) is 10.4 Å². The van der Waals surface area contributed by atoms with Gasteiger partial charge in [-0.2, -0.15) is 5.10 Å². The van der Waals surface area contributed by atoms with Crippen LogP contribution >= 0.6 is 11.6 Å². The van der Waals surface area contributed by atoms with E-state index >= 15 is 0 Å². The fourth-order valence-corrected chi connectivity index (χ4v) is 3.76. The molecule has 6 heteroatoms. The van der Waals surface area contributed by atoms with Gasteiger partial charge in [-0.1, -0.05) is 17.7 Å². The maximum atomic E-state index is 13.2. The molecule has 3 aromatic rings. The van der Waals surface area contributed by atoms with Crippen molar-refractivity contribution in [2.75, 3.05) is 5.32 Å². The van der Waals surface area contributed by atoms with E-state index in [1.54, 1.807) is 28.9 Å². The van der Waals surface area contributed by atoms with Crippen LogP contribution in [0.3, 0.4) is 0 Å². The lowest BCUT2D eigenvalue weighted by atomic mass is 9.85. The van der Waals surface area contributed by atoms with Gasteiger partial charge in [0.05, 0.1) is 17.3 Å². The van der Waals surface area contributed by atoms with Crippen LogP contribution in [0, 0.1) is 20.8 Å². The molecule has 0 saturated heterocycles. The molecule has 2 aromatic carbocycles. The molecule has 0 unspecified atom stereocenters. The Labute approximate surface area is 168 Å². The average molecular weight is 394 g/mol. The fraction of sp³-hybridized carbons (Fsp3) is 0.227. The van der Waals surface area contributed by atoms with E-state index < -0.39 is 5.92 Å². The van der Waals surface area contributed by atoms with Crippen LogP contribution in [0.2, 0.25) is 5.02 Å². The zero-order valence-electron chi connectivity index (χ0n) is 15.9. The van der Waals surface area contributed by atoms with Gasteiger partial charge in [-0.15, -0.1) is 0 Å². The number of amides is 1. The molecule has 0 bridgehead atoms. The first kappa shape index (κ1) is 18.4. The lowest BCUT2D eigenvalue weighted by Crippen LogP contribution is -2.28. The molecular formula is C22H20ClN3O2. The number of carbonyl (C=O) groups excluding carboxylic acids is 2. The highest BCUT2D eigenvalue weighted by atomic mass is 35.5. The van der Waals surface area contributed by atoms with E-state index in [0.29, 0.717) is 16.4 Å². The van der Waals surface area contributed by atoms with E-state index in [-0.39, 0.29) is 18.1 Å². The van der Waals surface area contributed by atoms with Crippen LogP contribution in [0.4, 0.5) is 5.82 Å². The van der Waals surface area contributed by atoms with Gasteiger partial charge in [0.15, 0.2) is 5.78 Å². The molecule has 0 radical (unpaired) electrons. The summed E-state index contributed by atoms with van der Waals surface area (Å²) in [5.74, 6) is -0.283. The van der Waals surface area contributed by atoms with Gasteiger partial charge in [0.25, 0.3) is 0 Å². The van der Waals surface area contributed by atoms with Crippen molar-refractivity contribution >= 4 is 29.1 Å². The van der Waals surface area contributed by atoms with Crippen molar-refractivity contribution in [1.29, 1.82) is 0 Å². The number of halogens is 1. The predicted molar refractivity (Wildman–Crippen MR) is 110 cm³/mol. The van der Waals surface area contributed by atoms with Crippen molar-refractivity contribution in [3.05, 3.63) is 75.4 Å². The van der Waals surface area contributed by atoms with E-state index in [4.69, 9.17) is 11.6 Å². The number of anilines is 1. The van der Waals surface area contributed by atoms with Crippen LogP contribution in [-0.2, 0) is 4.79 Å². The van der Waals surface area contributed by atoms with Crippen molar-refractivity contribution in [1.82, 2.24) is 9.78 Å². The molecule has 1 amide bonds. The second-order valence-electron chi connectivity index (χ2n) is 7.20. The number of aromatic nitrogens is 2. The molecule has 0 aliphatic carbocycles. The van der Waals surface area contributed by atoms with Gasteiger partial charge in [0.1, 0.15) is 5.82 Å². The number of fused-ring (bicyclic) bond motifs is 1. The van der Waals surface area contributed by atoms with Crippen molar-refractivity contribution < 1.29 is 9.59 Å². The van der Waals surface area contributed by atoms with Gasteiger partial charge < -0.3 is 5.32 Å². The first-order valence-electron chi connectivity index (χ1n) is 9.12. The highest BCUT2D eigenvalue weighted by molar-refractivity contribution is 6.30. The van der Waals surface area contributed by atoms with Crippen LogP contribution in [0.15, 0.2) is 42.5 Å². The third-order valence-corrected chi connectivity index (χ3v) is 5.53. The molecule has 1 atom stereocenters. The number of nitrogens with zero attached hydrogens (tertiary/aromatic N) is 2. The van der Waals surface area contributed by atoms with Gasteiger partial charge in [-0.3, -0.25) is 9.59 Å². The summed E-state index contributed by atoms with van der Waals surface area (Å²) in [5.41, 5.74) is 5.22. The zero-order chi connectivity index (χ0) is 20.0. The summed E-state index contributed by atoms with van der Waals surface area (Å²) >= 11 is 5.94. The van der Waals surface area contributed by atoms with E-state index in [1.165, 1.54) is 5.56 Å². The lowest BCUT2D eigenvalue weighted by molar-refractivity contribution is -0.116. The van der Waals surface area contributed by atoms with Crippen molar-refractivity contribution in [2.24, 2.45) is 0 Å². The van der Waals surface area contributed by atoms with E-state index in [0.717, 1.165) is 22.5 Å². The number of benzene rings is 2. The Bertz CT molecular complexity index is 1100. The molecule has 0 spiro atoms. The average Bonchev–Trinajstić information content (AvgIpc) is 3.00. The second-order valence-corrected chi connectivity index (χ2v) is 7.64. The molecule has 4 rings (SSSR count). The maximum Gasteiger partial charge on any atom is 0.226 e. The lowest BCUT2D eigenvalue weighted by Gasteiger charge is -2.23. The normalized spacial score (nSPS) is 15.9. The largest absolute Gasteiger partial charge is 0.310 e. The molecule has 1 aliphatic rings. The van der Waals surface area contributed by atoms with Crippen LogP contribution in [-0.4, -0.2) is 21.5 Å². The summed E-state index contributed by atoms with van der Waals surface area (Å²) in [7, 11) is 0. The highest BCUT2D eigenvalue weighted by Gasteiger charge is 2.36. The SMILES string of the molecule is Cc1ccc(-n2nc(C)c3c2NC(=O)C[C@H]3C(=O)c2ccc(Cl)cc2)cc1C. The van der Waals surface area contributed by atoms with Crippen LogP contribution in [0.5, 0.6) is 0 Å². The third kappa shape index (κ3) is 3.12.